The van der Waals surface area contributed by atoms with E-state index in [2.05, 4.69) is 0 Å². The number of alkyl halides is 1. The van der Waals surface area contributed by atoms with Crippen LogP contribution in [0.4, 0.5) is 13.2 Å². The van der Waals surface area contributed by atoms with E-state index in [0.717, 1.165) is 16.8 Å². The van der Waals surface area contributed by atoms with Crippen LogP contribution in [0.15, 0.2) is 54.6 Å². The molecule has 0 aliphatic carbocycles. The van der Waals surface area contributed by atoms with Gasteiger partial charge < -0.3 is 0 Å². The molecule has 0 saturated heterocycles. The summed E-state index contributed by atoms with van der Waals surface area (Å²) < 4.78 is 40.1. The molecule has 3 aromatic carbocycles. The Kier molecular flexibility index (Phi) is 3.60. The van der Waals surface area contributed by atoms with Gasteiger partial charge in [0.25, 0.3) is 0 Å². The first-order valence-electron chi connectivity index (χ1n) is 6.33. The molecule has 1 atom stereocenters. The Labute approximate surface area is 124 Å². The van der Waals surface area contributed by atoms with E-state index >= 15 is 0 Å². The molecule has 21 heavy (non-hydrogen) atoms. The predicted octanol–water partition coefficient (Wildman–Crippen LogP) is 5.59. The zero-order chi connectivity index (χ0) is 15.0. The van der Waals surface area contributed by atoms with Gasteiger partial charge in [0.1, 0.15) is 5.82 Å². The van der Waals surface area contributed by atoms with Crippen LogP contribution >= 0.6 is 11.6 Å². The third-order valence-electron chi connectivity index (χ3n) is 3.38. The Balaban J connectivity index is 2.07. The fraction of sp³-hybridized carbons (Fsp3) is 0.0588. The molecular formula is C17H10ClF3. The monoisotopic (exact) mass is 306 g/mol. The van der Waals surface area contributed by atoms with Crippen LogP contribution in [0.3, 0.4) is 0 Å². The summed E-state index contributed by atoms with van der Waals surface area (Å²) >= 11 is 6.23. The molecule has 0 heterocycles. The maximum Gasteiger partial charge on any atom is 0.161 e. The first kappa shape index (κ1) is 14.0. The molecule has 0 fully saturated rings. The minimum absolute atomic E-state index is 0.0779. The molecule has 106 valence electrons. The number of rotatable bonds is 2. The molecule has 4 heteroatoms. The minimum atomic E-state index is -1.22. The van der Waals surface area contributed by atoms with Crippen molar-refractivity contribution in [2.75, 3.05) is 0 Å². The van der Waals surface area contributed by atoms with Crippen molar-refractivity contribution in [3.63, 3.8) is 0 Å². The normalized spacial score (nSPS) is 12.6. The van der Waals surface area contributed by atoms with E-state index in [1.54, 1.807) is 6.07 Å². The van der Waals surface area contributed by atoms with E-state index in [1.807, 2.05) is 36.4 Å². The SMILES string of the molecule is Fc1cc(F)c(C(Cl)c2ccc3ccccc3c2)cc1F. The topological polar surface area (TPSA) is 0 Å². The lowest BCUT2D eigenvalue weighted by molar-refractivity contribution is 0.490. The second-order valence-corrected chi connectivity index (χ2v) is 5.19. The maximum atomic E-state index is 13.8. The number of halogens is 4. The molecule has 0 aliphatic rings. The largest absolute Gasteiger partial charge is 0.207 e. The van der Waals surface area contributed by atoms with E-state index in [1.165, 1.54) is 0 Å². The van der Waals surface area contributed by atoms with Crippen LogP contribution in [0.5, 0.6) is 0 Å². The lowest BCUT2D eigenvalue weighted by Gasteiger charge is -2.13. The van der Waals surface area contributed by atoms with Crippen LogP contribution in [0.1, 0.15) is 16.5 Å². The van der Waals surface area contributed by atoms with Crippen molar-refractivity contribution in [3.8, 4) is 0 Å². The first-order valence-corrected chi connectivity index (χ1v) is 6.77. The van der Waals surface area contributed by atoms with E-state index in [4.69, 9.17) is 11.6 Å². The van der Waals surface area contributed by atoms with Crippen LogP contribution in [0, 0.1) is 17.5 Å². The van der Waals surface area contributed by atoms with Gasteiger partial charge in [-0.25, -0.2) is 13.2 Å². The quantitative estimate of drug-likeness (QED) is 0.428. The van der Waals surface area contributed by atoms with Crippen LogP contribution in [0.25, 0.3) is 10.8 Å². The molecule has 0 N–H and O–H groups in total. The molecule has 0 amide bonds. The Morgan fingerprint density at radius 3 is 2.14 bits per heavy atom. The zero-order valence-electron chi connectivity index (χ0n) is 10.8. The molecule has 3 aromatic rings. The van der Waals surface area contributed by atoms with Crippen LogP contribution in [-0.2, 0) is 0 Å². The predicted molar refractivity (Wildman–Crippen MR) is 78.0 cm³/mol. The third-order valence-corrected chi connectivity index (χ3v) is 3.87. The summed E-state index contributed by atoms with van der Waals surface area (Å²) in [6.45, 7) is 0. The summed E-state index contributed by atoms with van der Waals surface area (Å²) in [6, 6.07) is 14.4. The van der Waals surface area contributed by atoms with E-state index < -0.39 is 22.8 Å². The number of hydrogen-bond donors (Lipinski definition) is 0. The lowest BCUT2D eigenvalue weighted by Crippen LogP contribution is -2.00. The Bertz CT molecular complexity index is 814. The fourth-order valence-corrected chi connectivity index (χ4v) is 2.58. The van der Waals surface area contributed by atoms with Crippen molar-refractivity contribution in [1.29, 1.82) is 0 Å². The maximum absolute atomic E-state index is 13.8. The van der Waals surface area contributed by atoms with Crippen molar-refractivity contribution < 1.29 is 13.2 Å². The second kappa shape index (κ2) is 5.41. The van der Waals surface area contributed by atoms with Crippen LogP contribution < -0.4 is 0 Å². The summed E-state index contributed by atoms with van der Waals surface area (Å²) in [4.78, 5) is 0. The molecule has 0 spiro atoms. The molecule has 0 radical (unpaired) electrons. The standard InChI is InChI=1S/C17H10ClF3/c18-17(13-8-15(20)16(21)9-14(13)19)12-6-5-10-3-1-2-4-11(10)7-12/h1-9,17H. The smallest absolute Gasteiger partial charge is 0.161 e. The summed E-state index contributed by atoms with van der Waals surface area (Å²) in [5.41, 5.74) is 0.547. The average molecular weight is 307 g/mol. The highest BCUT2D eigenvalue weighted by Crippen LogP contribution is 2.33. The van der Waals surface area contributed by atoms with Crippen LogP contribution in [0.2, 0.25) is 0 Å². The van der Waals surface area contributed by atoms with E-state index in [-0.39, 0.29) is 5.56 Å². The van der Waals surface area contributed by atoms with Crippen molar-refractivity contribution in [2.24, 2.45) is 0 Å². The first-order chi connectivity index (χ1) is 10.1. The summed E-state index contributed by atoms with van der Waals surface area (Å²) in [7, 11) is 0. The van der Waals surface area contributed by atoms with Gasteiger partial charge in [-0.1, -0.05) is 36.4 Å². The van der Waals surface area contributed by atoms with Gasteiger partial charge in [-0.15, -0.1) is 11.6 Å². The van der Waals surface area contributed by atoms with Crippen molar-refractivity contribution in [2.45, 2.75) is 5.38 Å². The zero-order valence-corrected chi connectivity index (χ0v) is 11.5. The highest BCUT2D eigenvalue weighted by molar-refractivity contribution is 6.22. The highest BCUT2D eigenvalue weighted by Gasteiger charge is 2.18. The van der Waals surface area contributed by atoms with Gasteiger partial charge in [0.15, 0.2) is 11.6 Å². The summed E-state index contributed by atoms with van der Waals surface area (Å²) in [5, 5.41) is 1.09. The average Bonchev–Trinajstić information content (AvgIpc) is 2.50. The fourth-order valence-electron chi connectivity index (χ4n) is 2.28. The number of fused-ring (bicyclic) bond motifs is 1. The Morgan fingerprint density at radius 2 is 1.38 bits per heavy atom. The summed E-state index contributed by atoms with van der Waals surface area (Å²) in [5.74, 6) is -3.20. The Hall–Kier alpha value is -2.00. The van der Waals surface area contributed by atoms with Gasteiger partial charge in [0.05, 0.1) is 5.38 Å². The molecule has 0 aromatic heterocycles. The van der Waals surface area contributed by atoms with Gasteiger partial charge in [-0.05, 0) is 28.5 Å². The number of benzene rings is 3. The number of hydrogen-bond acceptors (Lipinski definition) is 0. The van der Waals surface area contributed by atoms with Gasteiger partial charge in [0, 0.05) is 11.6 Å². The molecule has 0 nitrogen and oxygen atoms in total. The minimum Gasteiger partial charge on any atom is -0.207 e. The molecule has 0 bridgehead atoms. The molecule has 0 aliphatic heterocycles. The van der Waals surface area contributed by atoms with E-state index in [9.17, 15) is 13.2 Å². The van der Waals surface area contributed by atoms with Gasteiger partial charge in [0.2, 0.25) is 0 Å². The van der Waals surface area contributed by atoms with Crippen molar-refractivity contribution in [1.82, 2.24) is 0 Å². The molecule has 3 rings (SSSR count). The summed E-state index contributed by atoms with van der Waals surface area (Å²) in [6.07, 6.45) is 0. The Morgan fingerprint density at radius 1 is 0.714 bits per heavy atom. The third kappa shape index (κ3) is 2.61. The molecular weight excluding hydrogens is 297 g/mol. The van der Waals surface area contributed by atoms with Gasteiger partial charge >= 0.3 is 0 Å². The van der Waals surface area contributed by atoms with Crippen molar-refractivity contribution in [3.05, 3.63) is 83.2 Å². The second-order valence-electron chi connectivity index (χ2n) is 4.76. The van der Waals surface area contributed by atoms with Crippen LogP contribution in [-0.4, -0.2) is 0 Å². The lowest BCUT2D eigenvalue weighted by atomic mass is 10.00. The van der Waals surface area contributed by atoms with Crippen molar-refractivity contribution >= 4 is 22.4 Å². The molecule has 1 unspecified atom stereocenters. The van der Waals surface area contributed by atoms with Gasteiger partial charge in [-0.3, -0.25) is 0 Å². The van der Waals surface area contributed by atoms with E-state index in [0.29, 0.717) is 11.6 Å². The van der Waals surface area contributed by atoms with Gasteiger partial charge in [-0.2, -0.15) is 0 Å². The molecule has 0 saturated carbocycles. The highest BCUT2D eigenvalue weighted by atomic mass is 35.5.